The van der Waals surface area contributed by atoms with Gasteiger partial charge in [-0.05, 0) is 44.1 Å². The second kappa shape index (κ2) is 5.31. The van der Waals surface area contributed by atoms with E-state index < -0.39 is 0 Å². The average Bonchev–Trinajstić information content (AvgIpc) is 2.81. The first kappa shape index (κ1) is 11.4. The minimum absolute atomic E-state index is 0.0816. The molecule has 1 aliphatic carbocycles. The number of aliphatic hydroxyl groups excluding tert-OH is 1. The van der Waals surface area contributed by atoms with Crippen molar-refractivity contribution in [2.45, 2.75) is 64.0 Å². The molecule has 1 saturated heterocycles. The van der Waals surface area contributed by atoms with Crippen LogP contribution in [0.5, 0.6) is 0 Å². The fourth-order valence-corrected chi connectivity index (χ4v) is 3.29. The molecule has 88 valence electrons. The summed E-state index contributed by atoms with van der Waals surface area (Å²) in [4.78, 5) is 0. The fourth-order valence-electron chi connectivity index (χ4n) is 3.29. The zero-order chi connectivity index (χ0) is 10.7. The van der Waals surface area contributed by atoms with Crippen molar-refractivity contribution in [2.24, 2.45) is 11.8 Å². The molecule has 1 heterocycles. The molecule has 2 fully saturated rings. The first-order chi connectivity index (χ1) is 7.31. The van der Waals surface area contributed by atoms with Crippen molar-refractivity contribution < 1.29 is 5.11 Å². The minimum Gasteiger partial charge on any atom is -0.391 e. The summed E-state index contributed by atoms with van der Waals surface area (Å²) in [7, 11) is 0. The molecule has 2 aliphatic rings. The highest BCUT2D eigenvalue weighted by Gasteiger charge is 2.32. The molecule has 2 heteroatoms. The van der Waals surface area contributed by atoms with E-state index in [9.17, 15) is 5.11 Å². The van der Waals surface area contributed by atoms with Crippen LogP contribution >= 0.6 is 0 Å². The number of piperidine rings is 1. The molecular formula is C13H25NO. The molecule has 2 N–H and O–H groups in total. The van der Waals surface area contributed by atoms with Gasteiger partial charge in [0.1, 0.15) is 0 Å². The molecule has 2 nitrogen and oxygen atoms in total. The van der Waals surface area contributed by atoms with E-state index in [0.717, 1.165) is 12.5 Å². The Labute approximate surface area is 93.5 Å². The molecule has 1 aliphatic heterocycles. The zero-order valence-electron chi connectivity index (χ0n) is 9.91. The minimum atomic E-state index is -0.0816. The predicted octanol–water partition coefficient (Wildman–Crippen LogP) is 2.32. The highest BCUT2D eigenvalue weighted by atomic mass is 16.3. The van der Waals surface area contributed by atoms with E-state index >= 15 is 0 Å². The lowest BCUT2D eigenvalue weighted by molar-refractivity contribution is 0.0501. The quantitative estimate of drug-likeness (QED) is 0.751. The smallest absolute Gasteiger partial charge is 0.0721 e. The van der Waals surface area contributed by atoms with Crippen LogP contribution in [-0.4, -0.2) is 23.8 Å². The van der Waals surface area contributed by atoms with Crippen molar-refractivity contribution in [1.29, 1.82) is 0 Å². The maximum absolute atomic E-state index is 10.3. The summed E-state index contributed by atoms with van der Waals surface area (Å²) in [5.74, 6) is 1.42. The summed E-state index contributed by atoms with van der Waals surface area (Å²) < 4.78 is 0. The molecule has 2 rings (SSSR count). The van der Waals surface area contributed by atoms with Crippen molar-refractivity contribution in [2.75, 3.05) is 6.54 Å². The Morgan fingerprint density at radius 3 is 2.67 bits per heavy atom. The first-order valence-electron chi connectivity index (χ1n) is 6.72. The van der Waals surface area contributed by atoms with Crippen molar-refractivity contribution >= 4 is 0 Å². The highest BCUT2D eigenvalue weighted by molar-refractivity contribution is 4.88. The second-order valence-electron chi connectivity index (χ2n) is 5.39. The maximum Gasteiger partial charge on any atom is 0.0721 e. The van der Waals surface area contributed by atoms with Gasteiger partial charge in [0.05, 0.1) is 6.10 Å². The third-order valence-electron chi connectivity index (χ3n) is 4.42. The van der Waals surface area contributed by atoms with E-state index in [2.05, 4.69) is 12.2 Å². The molecule has 3 unspecified atom stereocenters. The first-order valence-corrected chi connectivity index (χ1v) is 6.72. The summed E-state index contributed by atoms with van der Waals surface area (Å²) in [5, 5.41) is 13.8. The standard InChI is InChI=1S/C13H25NO/c1-2-10-7-8-14-12(9-10)13(15)11-5-3-4-6-11/h10-15H,2-9H2,1H3. The molecule has 0 spiro atoms. The van der Waals surface area contributed by atoms with E-state index in [1.54, 1.807) is 0 Å². The second-order valence-corrected chi connectivity index (χ2v) is 5.39. The maximum atomic E-state index is 10.3. The van der Waals surface area contributed by atoms with Gasteiger partial charge in [0, 0.05) is 6.04 Å². The van der Waals surface area contributed by atoms with Gasteiger partial charge in [-0.15, -0.1) is 0 Å². The van der Waals surface area contributed by atoms with Crippen LogP contribution in [-0.2, 0) is 0 Å². The number of aliphatic hydroxyl groups is 1. The summed E-state index contributed by atoms with van der Waals surface area (Å²) in [6.45, 7) is 3.38. The molecule has 0 aromatic heterocycles. The summed E-state index contributed by atoms with van der Waals surface area (Å²) in [5.41, 5.74) is 0. The van der Waals surface area contributed by atoms with Gasteiger partial charge in [0.25, 0.3) is 0 Å². The van der Waals surface area contributed by atoms with Gasteiger partial charge < -0.3 is 10.4 Å². The van der Waals surface area contributed by atoms with Gasteiger partial charge in [0.2, 0.25) is 0 Å². The fraction of sp³-hybridized carbons (Fsp3) is 1.00. The van der Waals surface area contributed by atoms with Gasteiger partial charge in [-0.3, -0.25) is 0 Å². The largest absolute Gasteiger partial charge is 0.391 e. The molecule has 0 radical (unpaired) electrons. The van der Waals surface area contributed by atoms with E-state index in [1.807, 2.05) is 0 Å². The van der Waals surface area contributed by atoms with Crippen LogP contribution in [0.25, 0.3) is 0 Å². The van der Waals surface area contributed by atoms with E-state index in [1.165, 1.54) is 44.9 Å². The van der Waals surface area contributed by atoms with Crippen LogP contribution in [0.4, 0.5) is 0 Å². The van der Waals surface area contributed by atoms with Crippen LogP contribution in [0.1, 0.15) is 51.9 Å². The van der Waals surface area contributed by atoms with Gasteiger partial charge in [-0.2, -0.15) is 0 Å². The van der Waals surface area contributed by atoms with Crippen LogP contribution < -0.4 is 5.32 Å². The Kier molecular flexibility index (Phi) is 4.04. The molecule has 0 amide bonds. The Bertz CT molecular complexity index is 189. The third kappa shape index (κ3) is 2.73. The lowest BCUT2D eigenvalue weighted by Crippen LogP contribution is -2.48. The van der Waals surface area contributed by atoms with E-state index in [-0.39, 0.29) is 6.10 Å². The summed E-state index contributed by atoms with van der Waals surface area (Å²) >= 11 is 0. The zero-order valence-corrected chi connectivity index (χ0v) is 9.91. The van der Waals surface area contributed by atoms with Crippen molar-refractivity contribution in [1.82, 2.24) is 5.32 Å². The van der Waals surface area contributed by atoms with Crippen LogP contribution in [0, 0.1) is 11.8 Å². The van der Waals surface area contributed by atoms with Crippen molar-refractivity contribution in [3.05, 3.63) is 0 Å². The topological polar surface area (TPSA) is 32.3 Å². The molecular weight excluding hydrogens is 186 g/mol. The number of hydrogen-bond acceptors (Lipinski definition) is 2. The Hall–Kier alpha value is -0.0800. The normalized spacial score (nSPS) is 35.6. The molecule has 0 aromatic carbocycles. The third-order valence-corrected chi connectivity index (χ3v) is 4.42. The number of hydrogen-bond donors (Lipinski definition) is 2. The highest BCUT2D eigenvalue weighted by Crippen LogP contribution is 2.32. The van der Waals surface area contributed by atoms with Crippen molar-refractivity contribution in [3.63, 3.8) is 0 Å². The van der Waals surface area contributed by atoms with Gasteiger partial charge >= 0.3 is 0 Å². The Balaban J connectivity index is 1.85. The van der Waals surface area contributed by atoms with Gasteiger partial charge in [-0.1, -0.05) is 26.2 Å². The molecule has 1 saturated carbocycles. The summed E-state index contributed by atoms with van der Waals surface area (Å²) in [6.07, 6.45) is 8.82. The van der Waals surface area contributed by atoms with Crippen LogP contribution in [0.15, 0.2) is 0 Å². The lowest BCUT2D eigenvalue weighted by Gasteiger charge is -2.35. The molecule has 0 aromatic rings. The molecule has 15 heavy (non-hydrogen) atoms. The number of nitrogens with one attached hydrogen (secondary N) is 1. The SMILES string of the molecule is CCC1CCNC(C(O)C2CCCC2)C1. The van der Waals surface area contributed by atoms with E-state index in [0.29, 0.717) is 12.0 Å². The van der Waals surface area contributed by atoms with Crippen LogP contribution in [0.3, 0.4) is 0 Å². The summed E-state index contributed by atoms with van der Waals surface area (Å²) in [6, 6.07) is 0.381. The lowest BCUT2D eigenvalue weighted by atomic mass is 9.84. The van der Waals surface area contributed by atoms with E-state index in [4.69, 9.17) is 0 Å². The predicted molar refractivity (Wildman–Crippen MR) is 62.8 cm³/mol. The Morgan fingerprint density at radius 1 is 1.27 bits per heavy atom. The van der Waals surface area contributed by atoms with Gasteiger partial charge in [-0.25, -0.2) is 0 Å². The van der Waals surface area contributed by atoms with Gasteiger partial charge in [0.15, 0.2) is 0 Å². The monoisotopic (exact) mass is 211 g/mol. The molecule has 3 atom stereocenters. The van der Waals surface area contributed by atoms with Crippen LogP contribution in [0.2, 0.25) is 0 Å². The Morgan fingerprint density at radius 2 is 2.00 bits per heavy atom. The molecule has 0 bridgehead atoms. The average molecular weight is 211 g/mol. The number of rotatable bonds is 3. The van der Waals surface area contributed by atoms with Crippen molar-refractivity contribution in [3.8, 4) is 0 Å².